The van der Waals surface area contributed by atoms with Gasteiger partial charge in [0.15, 0.2) is 6.10 Å². The molecule has 5 heteroatoms. The first-order valence-electron chi connectivity index (χ1n) is 23.0. The van der Waals surface area contributed by atoms with E-state index in [9.17, 15) is 14.7 Å². The highest BCUT2D eigenvalue weighted by atomic mass is 16.6. The number of carbonyl (C=O) groups is 2. The number of esters is 2. The second-order valence-corrected chi connectivity index (χ2v) is 14.4. The Morgan fingerprint density at radius 3 is 1.00 bits per heavy atom. The van der Waals surface area contributed by atoms with Gasteiger partial charge in [0.25, 0.3) is 0 Å². The van der Waals surface area contributed by atoms with Crippen molar-refractivity contribution in [2.24, 2.45) is 0 Å². The maximum absolute atomic E-state index is 12.2. The maximum Gasteiger partial charge on any atom is 0.306 e. The quantitative estimate of drug-likeness (QED) is 0.0380. The number of hydrogen-bond donors (Lipinski definition) is 1. The first-order chi connectivity index (χ1) is 29.6. The third-order valence-corrected chi connectivity index (χ3v) is 8.82. The molecule has 0 aliphatic carbocycles. The summed E-state index contributed by atoms with van der Waals surface area (Å²) in [5, 5.41) is 9.57. The average Bonchev–Trinajstić information content (AvgIpc) is 3.25. The zero-order valence-electron chi connectivity index (χ0n) is 37.6. The SMILES string of the molecule is CC/C=C\C/C=C\C/C=C\C/C=C\C/C=C\C/C=C\C/C=C\C/C=C\C/C=C\C/C=C\CCCCC(=O)OC(CO)COC(=O)CCCCC/C=C\C/C=C\C/C=C\CC. The van der Waals surface area contributed by atoms with Gasteiger partial charge in [-0.25, -0.2) is 0 Å². The summed E-state index contributed by atoms with van der Waals surface area (Å²) < 4.78 is 10.6. The van der Waals surface area contributed by atoms with Crippen molar-refractivity contribution < 1.29 is 24.2 Å². The van der Waals surface area contributed by atoms with E-state index in [0.29, 0.717) is 12.8 Å². The van der Waals surface area contributed by atoms with Crippen molar-refractivity contribution in [3.05, 3.63) is 158 Å². The van der Waals surface area contributed by atoms with Crippen LogP contribution in [0.4, 0.5) is 0 Å². The molecule has 0 fully saturated rings. The fourth-order valence-corrected chi connectivity index (χ4v) is 5.42. The highest BCUT2D eigenvalue weighted by Gasteiger charge is 2.16. The molecule has 1 unspecified atom stereocenters. The second-order valence-electron chi connectivity index (χ2n) is 14.4. The van der Waals surface area contributed by atoms with Crippen molar-refractivity contribution in [2.75, 3.05) is 13.2 Å². The molecule has 332 valence electrons. The van der Waals surface area contributed by atoms with Crippen LogP contribution in [0, 0.1) is 0 Å². The number of ether oxygens (including phenoxy) is 2. The molecule has 1 atom stereocenters. The number of hydrogen-bond acceptors (Lipinski definition) is 5. The van der Waals surface area contributed by atoms with Gasteiger partial charge in [-0.15, -0.1) is 0 Å². The van der Waals surface area contributed by atoms with Gasteiger partial charge in [-0.2, -0.15) is 0 Å². The number of rotatable bonds is 39. The van der Waals surface area contributed by atoms with Crippen LogP contribution in [-0.2, 0) is 19.1 Å². The predicted molar refractivity (Wildman–Crippen MR) is 260 cm³/mol. The Labute approximate surface area is 367 Å². The summed E-state index contributed by atoms with van der Waals surface area (Å²) in [6.07, 6.45) is 76.1. The summed E-state index contributed by atoms with van der Waals surface area (Å²) in [6.45, 7) is 3.81. The van der Waals surface area contributed by atoms with Crippen molar-refractivity contribution in [3.63, 3.8) is 0 Å². The summed E-state index contributed by atoms with van der Waals surface area (Å²) in [5.74, 6) is -0.695. The third-order valence-electron chi connectivity index (χ3n) is 8.82. The van der Waals surface area contributed by atoms with Crippen molar-refractivity contribution in [2.45, 2.75) is 161 Å². The van der Waals surface area contributed by atoms with Gasteiger partial charge in [0.2, 0.25) is 0 Å². The van der Waals surface area contributed by atoms with Gasteiger partial charge in [0.05, 0.1) is 6.61 Å². The molecule has 60 heavy (non-hydrogen) atoms. The Morgan fingerprint density at radius 1 is 0.383 bits per heavy atom. The van der Waals surface area contributed by atoms with Crippen molar-refractivity contribution >= 4 is 11.9 Å². The third kappa shape index (κ3) is 46.2. The molecule has 0 amide bonds. The molecule has 0 aliphatic rings. The molecule has 0 radical (unpaired) electrons. The smallest absolute Gasteiger partial charge is 0.306 e. The van der Waals surface area contributed by atoms with Crippen molar-refractivity contribution in [3.8, 4) is 0 Å². The molecule has 0 rings (SSSR count). The van der Waals surface area contributed by atoms with Crippen LogP contribution >= 0.6 is 0 Å². The summed E-state index contributed by atoms with van der Waals surface area (Å²) in [4.78, 5) is 24.3. The maximum atomic E-state index is 12.2. The van der Waals surface area contributed by atoms with Crippen molar-refractivity contribution in [1.29, 1.82) is 0 Å². The number of unbranched alkanes of at least 4 members (excludes halogenated alkanes) is 5. The molecule has 0 heterocycles. The number of carbonyl (C=O) groups excluding carboxylic acids is 2. The molecule has 5 nitrogen and oxygen atoms in total. The Bertz CT molecular complexity index is 1390. The van der Waals surface area contributed by atoms with Gasteiger partial charge >= 0.3 is 11.9 Å². The van der Waals surface area contributed by atoms with E-state index in [1.54, 1.807) is 0 Å². The van der Waals surface area contributed by atoms with Crippen LogP contribution in [0.5, 0.6) is 0 Å². The Morgan fingerprint density at radius 2 is 0.667 bits per heavy atom. The zero-order valence-corrected chi connectivity index (χ0v) is 37.6. The Hall–Kier alpha value is -4.48. The molecule has 0 bridgehead atoms. The summed E-state index contributed by atoms with van der Waals surface area (Å²) >= 11 is 0. The standard InChI is InChI=1S/C55H82O5/c1-3-5-7-9-11-13-15-17-18-19-20-21-22-23-24-25-26-27-28-29-30-31-32-33-34-35-36-38-40-42-44-46-48-50-55(58)60-53(51-56)52-59-54(57)49-47-45-43-41-39-37-16-14-12-10-8-6-4-2/h5-8,11-14,17-18,20-21,23-24,26-27,29-30,32-33,35-37,39-40,42,53,56H,3-4,9-10,15-16,19,22,25,28,31,34,38,41,43-52H2,1-2H3/b7-5-,8-6-,13-11-,14-12-,18-17-,21-20-,24-23-,27-26-,30-29-,33-32-,36-35-,39-37-,42-40-. The second kappa shape index (κ2) is 48.9. The van der Waals surface area contributed by atoms with E-state index in [4.69, 9.17) is 9.47 Å². The van der Waals surface area contributed by atoms with E-state index >= 15 is 0 Å². The van der Waals surface area contributed by atoms with Crippen LogP contribution in [0.2, 0.25) is 0 Å². The van der Waals surface area contributed by atoms with Gasteiger partial charge in [-0.3, -0.25) is 9.59 Å². The van der Waals surface area contributed by atoms with E-state index in [1.807, 2.05) is 0 Å². The van der Waals surface area contributed by atoms with E-state index < -0.39 is 6.10 Å². The monoisotopic (exact) mass is 823 g/mol. The van der Waals surface area contributed by atoms with Crippen LogP contribution < -0.4 is 0 Å². The fraction of sp³-hybridized carbons (Fsp3) is 0.491. The summed E-state index contributed by atoms with van der Waals surface area (Å²) in [5.41, 5.74) is 0. The van der Waals surface area contributed by atoms with E-state index in [2.05, 4.69) is 172 Å². The molecular weight excluding hydrogens is 741 g/mol. The first kappa shape index (κ1) is 55.5. The zero-order chi connectivity index (χ0) is 43.5. The van der Waals surface area contributed by atoms with Crippen molar-refractivity contribution in [1.82, 2.24) is 0 Å². The van der Waals surface area contributed by atoms with E-state index in [0.717, 1.165) is 122 Å². The normalized spacial score (nSPS) is 13.7. The molecule has 0 aliphatic heterocycles. The molecular formula is C55H82O5. The lowest BCUT2D eigenvalue weighted by Crippen LogP contribution is -2.28. The summed E-state index contributed by atoms with van der Waals surface area (Å²) in [6, 6.07) is 0. The molecule has 0 aromatic rings. The molecule has 0 saturated heterocycles. The largest absolute Gasteiger partial charge is 0.462 e. The minimum absolute atomic E-state index is 0.111. The molecule has 1 N–H and O–H groups in total. The first-order valence-corrected chi connectivity index (χ1v) is 23.0. The number of aliphatic hydroxyl groups excluding tert-OH is 1. The van der Waals surface area contributed by atoms with Crippen LogP contribution in [0.15, 0.2) is 158 Å². The van der Waals surface area contributed by atoms with Crippen LogP contribution in [-0.4, -0.2) is 36.4 Å². The summed E-state index contributed by atoms with van der Waals surface area (Å²) in [7, 11) is 0. The number of aliphatic hydroxyl groups is 1. The highest BCUT2D eigenvalue weighted by Crippen LogP contribution is 2.08. The Kier molecular flexibility index (Phi) is 45.2. The van der Waals surface area contributed by atoms with E-state index in [1.165, 1.54) is 0 Å². The topological polar surface area (TPSA) is 72.8 Å². The predicted octanol–water partition coefficient (Wildman–Crippen LogP) is 15.3. The lowest BCUT2D eigenvalue weighted by molar-refractivity contribution is -0.161. The van der Waals surface area contributed by atoms with E-state index in [-0.39, 0.29) is 31.6 Å². The molecule has 0 aromatic carbocycles. The van der Waals surface area contributed by atoms with Gasteiger partial charge < -0.3 is 14.6 Å². The number of allylic oxidation sites excluding steroid dienone is 26. The molecule has 0 aromatic heterocycles. The minimum atomic E-state index is -0.819. The van der Waals surface area contributed by atoms with Gasteiger partial charge in [-0.1, -0.05) is 178 Å². The average molecular weight is 823 g/mol. The van der Waals surface area contributed by atoms with Crippen LogP contribution in [0.25, 0.3) is 0 Å². The molecule has 0 spiro atoms. The van der Waals surface area contributed by atoms with Gasteiger partial charge in [-0.05, 0) is 122 Å². The Balaban J connectivity index is 3.76. The molecule has 0 saturated carbocycles. The van der Waals surface area contributed by atoms with Gasteiger partial charge in [0, 0.05) is 12.8 Å². The lowest BCUT2D eigenvalue weighted by atomic mass is 10.1. The minimum Gasteiger partial charge on any atom is -0.462 e. The van der Waals surface area contributed by atoms with Gasteiger partial charge in [0.1, 0.15) is 6.61 Å². The lowest BCUT2D eigenvalue weighted by Gasteiger charge is -2.15. The fourth-order valence-electron chi connectivity index (χ4n) is 5.42. The van der Waals surface area contributed by atoms with Crippen LogP contribution in [0.1, 0.15) is 155 Å². The highest BCUT2D eigenvalue weighted by molar-refractivity contribution is 5.70. The van der Waals surface area contributed by atoms with Crippen LogP contribution in [0.3, 0.4) is 0 Å².